The minimum absolute atomic E-state index is 0.169. The van der Waals surface area contributed by atoms with Crippen molar-refractivity contribution in [3.63, 3.8) is 0 Å². The smallest absolute Gasteiger partial charge is 0.280 e. The van der Waals surface area contributed by atoms with Crippen LogP contribution in [0.25, 0.3) is 0 Å². The van der Waals surface area contributed by atoms with Crippen molar-refractivity contribution in [2.24, 2.45) is 0 Å². The van der Waals surface area contributed by atoms with Crippen molar-refractivity contribution in [1.82, 2.24) is 4.98 Å². The van der Waals surface area contributed by atoms with E-state index in [1.165, 1.54) is 13.3 Å². The second-order valence-electron chi connectivity index (χ2n) is 5.27. The summed E-state index contributed by atoms with van der Waals surface area (Å²) in [7, 11) is 1.40. The molecule has 0 aliphatic heterocycles. The highest BCUT2D eigenvalue weighted by atomic mass is 19.3. The van der Waals surface area contributed by atoms with E-state index in [1.807, 2.05) is 0 Å². The Morgan fingerprint density at radius 2 is 1.65 bits per heavy atom. The number of rotatable bonds is 3. The molecule has 1 heterocycles. The average molecular weight is 292 g/mol. The Morgan fingerprint density at radius 3 is 1.90 bits per heavy atom. The van der Waals surface area contributed by atoms with Gasteiger partial charge in [-0.15, -0.1) is 0 Å². The van der Waals surface area contributed by atoms with E-state index in [1.54, 1.807) is 27.7 Å². The first-order valence-electron chi connectivity index (χ1n) is 5.92. The van der Waals surface area contributed by atoms with E-state index >= 15 is 0 Å². The zero-order valence-corrected chi connectivity index (χ0v) is 12.3. The number of aliphatic hydroxyl groups is 2. The minimum Gasteiger partial charge on any atom is -0.493 e. The highest BCUT2D eigenvalue weighted by Crippen LogP contribution is 2.24. The molecule has 0 aliphatic rings. The molecule has 0 amide bonds. The first-order valence-corrected chi connectivity index (χ1v) is 5.92. The number of aromatic nitrogens is 1. The predicted octanol–water partition coefficient (Wildman–Crippen LogP) is 2.14. The van der Waals surface area contributed by atoms with E-state index in [0.29, 0.717) is 5.75 Å². The van der Waals surface area contributed by atoms with E-state index in [4.69, 9.17) is 20.7 Å². The molecule has 0 aromatic carbocycles. The van der Waals surface area contributed by atoms with Gasteiger partial charge >= 0.3 is 0 Å². The summed E-state index contributed by atoms with van der Waals surface area (Å²) in [4.78, 5) is 3.45. The Labute approximate surface area is 117 Å². The molecule has 0 fully saturated rings. The SMILES string of the molecule is CC(C)(O)C(C)(C)O.COc1cnc(C(F)F)cc1N. The molecule has 0 radical (unpaired) electrons. The lowest BCUT2D eigenvalue weighted by molar-refractivity contribution is -0.107. The van der Waals surface area contributed by atoms with Crippen LogP contribution in [0.1, 0.15) is 39.8 Å². The van der Waals surface area contributed by atoms with Gasteiger partial charge in [0.25, 0.3) is 6.43 Å². The van der Waals surface area contributed by atoms with Gasteiger partial charge in [-0.1, -0.05) is 0 Å². The van der Waals surface area contributed by atoms with Crippen LogP contribution in [0.5, 0.6) is 5.75 Å². The molecule has 20 heavy (non-hydrogen) atoms. The van der Waals surface area contributed by atoms with Crippen LogP contribution in [0.2, 0.25) is 0 Å². The normalized spacial score (nSPS) is 11.9. The minimum atomic E-state index is -2.60. The fourth-order valence-corrected chi connectivity index (χ4v) is 0.765. The summed E-state index contributed by atoms with van der Waals surface area (Å²) in [6.45, 7) is 6.31. The van der Waals surface area contributed by atoms with Crippen molar-refractivity contribution in [2.45, 2.75) is 45.3 Å². The monoisotopic (exact) mass is 292 g/mol. The van der Waals surface area contributed by atoms with E-state index in [9.17, 15) is 8.78 Å². The maximum absolute atomic E-state index is 12.0. The fourth-order valence-electron chi connectivity index (χ4n) is 0.765. The van der Waals surface area contributed by atoms with Crippen molar-refractivity contribution < 1.29 is 23.7 Å². The zero-order chi connectivity index (χ0) is 16.1. The number of nitrogens with zero attached hydrogens (tertiary/aromatic N) is 1. The standard InChI is InChI=1S/C7H8F2N2O.C6H14O2/c1-12-6-3-11-5(7(8)9)2-4(6)10;1-5(2,7)6(3,4)8/h2-3,7H,1H3,(H2,10,11);7-8H,1-4H3. The van der Waals surface area contributed by atoms with Crippen LogP contribution in [0.15, 0.2) is 12.3 Å². The van der Waals surface area contributed by atoms with Crippen LogP contribution < -0.4 is 10.5 Å². The summed E-state index contributed by atoms with van der Waals surface area (Å²) >= 11 is 0. The van der Waals surface area contributed by atoms with Crippen LogP contribution in [0.4, 0.5) is 14.5 Å². The molecule has 4 N–H and O–H groups in total. The number of anilines is 1. The number of nitrogen functional groups attached to an aromatic ring is 1. The van der Waals surface area contributed by atoms with Gasteiger partial charge < -0.3 is 20.7 Å². The molecule has 1 aromatic rings. The summed E-state index contributed by atoms with van der Waals surface area (Å²) in [6.07, 6.45) is -1.42. The average Bonchev–Trinajstić information content (AvgIpc) is 2.26. The molecule has 5 nitrogen and oxygen atoms in total. The number of nitrogens with two attached hydrogens (primary N) is 1. The van der Waals surface area contributed by atoms with Crippen molar-refractivity contribution in [3.8, 4) is 5.75 Å². The molecule has 0 atom stereocenters. The van der Waals surface area contributed by atoms with Crippen molar-refractivity contribution in [3.05, 3.63) is 18.0 Å². The maximum Gasteiger partial charge on any atom is 0.280 e. The lowest BCUT2D eigenvalue weighted by Crippen LogP contribution is -2.44. The molecule has 1 aromatic heterocycles. The van der Waals surface area contributed by atoms with E-state index in [0.717, 1.165) is 6.07 Å². The van der Waals surface area contributed by atoms with Gasteiger partial charge in [-0.2, -0.15) is 0 Å². The van der Waals surface area contributed by atoms with Crippen molar-refractivity contribution in [2.75, 3.05) is 12.8 Å². The Kier molecular flexibility index (Phi) is 6.31. The summed E-state index contributed by atoms with van der Waals surface area (Å²) in [5, 5.41) is 18.2. The molecule has 116 valence electrons. The second kappa shape index (κ2) is 6.81. The maximum atomic E-state index is 12.0. The van der Waals surface area contributed by atoms with Gasteiger partial charge in [0.15, 0.2) is 5.75 Å². The number of hydrogen-bond donors (Lipinski definition) is 3. The van der Waals surface area contributed by atoms with Gasteiger partial charge in [0.2, 0.25) is 0 Å². The largest absolute Gasteiger partial charge is 0.493 e. The number of alkyl halides is 2. The van der Waals surface area contributed by atoms with Crippen LogP contribution in [0, 0.1) is 0 Å². The zero-order valence-electron chi connectivity index (χ0n) is 12.3. The van der Waals surface area contributed by atoms with E-state index in [-0.39, 0.29) is 11.4 Å². The first-order chi connectivity index (χ1) is 8.90. The third kappa shape index (κ3) is 5.66. The van der Waals surface area contributed by atoms with E-state index < -0.39 is 17.6 Å². The topological polar surface area (TPSA) is 88.6 Å². The van der Waals surface area contributed by atoms with Crippen LogP contribution in [0.3, 0.4) is 0 Å². The Morgan fingerprint density at radius 1 is 1.20 bits per heavy atom. The number of halogens is 2. The summed E-state index contributed by atoms with van der Waals surface area (Å²) in [5.74, 6) is 0.305. The molecule has 0 saturated heterocycles. The third-order valence-electron chi connectivity index (χ3n) is 2.86. The summed E-state index contributed by atoms with van der Waals surface area (Å²) in [5.41, 5.74) is 3.19. The van der Waals surface area contributed by atoms with Crippen LogP contribution in [-0.2, 0) is 0 Å². The second-order valence-corrected chi connectivity index (χ2v) is 5.27. The Hall–Kier alpha value is -1.47. The van der Waals surface area contributed by atoms with Gasteiger partial charge in [0, 0.05) is 0 Å². The van der Waals surface area contributed by atoms with Gasteiger partial charge in [-0.3, -0.25) is 4.98 Å². The third-order valence-corrected chi connectivity index (χ3v) is 2.86. The molecule has 1 rings (SSSR count). The molecule has 7 heteroatoms. The highest BCUT2D eigenvalue weighted by molar-refractivity contribution is 5.51. The van der Waals surface area contributed by atoms with Gasteiger partial charge in [-0.05, 0) is 33.8 Å². The summed E-state index contributed by atoms with van der Waals surface area (Å²) < 4.78 is 28.8. The highest BCUT2D eigenvalue weighted by Gasteiger charge is 2.31. The van der Waals surface area contributed by atoms with E-state index in [2.05, 4.69) is 4.98 Å². The number of ether oxygens (including phenoxy) is 1. The van der Waals surface area contributed by atoms with Crippen molar-refractivity contribution >= 4 is 5.69 Å². The van der Waals surface area contributed by atoms with Gasteiger partial charge in [0.05, 0.1) is 30.2 Å². The van der Waals surface area contributed by atoms with Crippen LogP contribution in [-0.4, -0.2) is 33.5 Å². The number of methoxy groups -OCH3 is 1. The van der Waals surface area contributed by atoms with Crippen molar-refractivity contribution in [1.29, 1.82) is 0 Å². The lowest BCUT2D eigenvalue weighted by Gasteiger charge is -2.31. The molecule has 0 bridgehead atoms. The lowest BCUT2D eigenvalue weighted by atomic mass is 9.90. The Bertz CT molecular complexity index is 415. The Balaban J connectivity index is 0.000000396. The molecular formula is C13H22F2N2O3. The fraction of sp³-hybridized carbons (Fsp3) is 0.615. The molecular weight excluding hydrogens is 270 g/mol. The number of hydrogen-bond acceptors (Lipinski definition) is 5. The van der Waals surface area contributed by atoms with Gasteiger partial charge in [-0.25, -0.2) is 8.78 Å². The molecule has 0 spiro atoms. The molecule has 0 unspecified atom stereocenters. The number of pyridine rings is 1. The molecule has 0 aliphatic carbocycles. The van der Waals surface area contributed by atoms with Gasteiger partial charge in [0.1, 0.15) is 5.69 Å². The van der Waals surface area contributed by atoms with Crippen LogP contribution >= 0.6 is 0 Å². The molecule has 0 saturated carbocycles. The first kappa shape index (κ1) is 18.5. The summed E-state index contributed by atoms with van der Waals surface area (Å²) in [6, 6.07) is 1.10. The predicted molar refractivity (Wildman–Crippen MR) is 72.8 cm³/mol. The quantitative estimate of drug-likeness (QED) is 0.794.